The molecule has 6 heteroatoms. The summed E-state index contributed by atoms with van der Waals surface area (Å²) >= 11 is 1.38. The number of benzene rings is 1. The molecule has 4 rings (SSSR count). The van der Waals surface area contributed by atoms with Gasteiger partial charge in [0.25, 0.3) is 11.8 Å². The van der Waals surface area contributed by atoms with Gasteiger partial charge in [-0.15, -0.1) is 11.3 Å². The standard InChI is InChI=1S/C24H28N2O3S/c1-16(2)17-10-12-19(13-11-17)26-22(27)15-20(23(26)28)25(18-7-4-3-5-8-18)24(29)21-9-6-14-30-21/h6,9-14,16,18,20H,3-5,7-8,15H2,1-2H3. The van der Waals surface area contributed by atoms with Crippen molar-refractivity contribution in [2.75, 3.05) is 4.90 Å². The molecule has 1 aliphatic carbocycles. The van der Waals surface area contributed by atoms with Crippen molar-refractivity contribution >= 4 is 34.7 Å². The minimum Gasteiger partial charge on any atom is -0.322 e. The molecule has 30 heavy (non-hydrogen) atoms. The Morgan fingerprint density at radius 3 is 2.37 bits per heavy atom. The first-order valence-electron chi connectivity index (χ1n) is 10.8. The van der Waals surface area contributed by atoms with Crippen molar-refractivity contribution in [2.24, 2.45) is 0 Å². The van der Waals surface area contributed by atoms with Crippen molar-refractivity contribution < 1.29 is 14.4 Å². The summed E-state index contributed by atoms with van der Waals surface area (Å²) in [7, 11) is 0. The number of hydrogen-bond acceptors (Lipinski definition) is 4. The van der Waals surface area contributed by atoms with E-state index in [0.29, 0.717) is 16.5 Å². The quantitative estimate of drug-likeness (QED) is 0.636. The summed E-state index contributed by atoms with van der Waals surface area (Å²) in [6.45, 7) is 4.21. The van der Waals surface area contributed by atoms with Crippen molar-refractivity contribution in [1.82, 2.24) is 4.90 Å². The SMILES string of the molecule is CC(C)c1ccc(N2C(=O)CC(N(C(=O)c3cccs3)C3CCCCC3)C2=O)cc1. The van der Waals surface area contributed by atoms with Gasteiger partial charge in [-0.05, 0) is 47.9 Å². The van der Waals surface area contributed by atoms with Gasteiger partial charge in [0.1, 0.15) is 6.04 Å². The van der Waals surface area contributed by atoms with Crippen molar-refractivity contribution in [3.05, 3.63) is 52.2 Å². The Kier molecular flexibility index (Phi) is 6.04. The van der Waals surface area contributed by atoms with Crippen LogP contribution < -0.4 is 4.90 Å². The van der Waals surface area contributed by atoms with Crippen LogP contribution in [-0.4, -0.2) is 34.7 Å². The minimum absolute atomic E-state index is 0.0124. The molecule has 0 radical (unpaired) electrons. The van der Waals surface area contributed by atoms with Crippen LogP contribution in [0.1, 0.15) is 73.5 Å². The first-order valence-corrected chi connectivity index (χ1v) is 11.7. The van der Waals surface area contributed by atoms with Crippen LogP contribution in [-0.2, 0) is 9.59 Å². The number of anilines is 1. The number of thiophene rings is 1. The summed E-state index contributed by atoms with van der Waals surface area (Å²) in [6, 6.07) is 10.5. The van der Waals surface area contributed by atoms with Gasteiger partial charge >= 0.3 is 0 Å². The van der Waals surface area contributed by atoms with Gasteiger partial charge in [0.15, 0.2) is 0 Å². The molecule has 5 nitrogen and oxygen atoms in total. The third-order valence-corrected chi connectivity index (χ3v) is 7.07. The van der Waals surface area contributed by atoms with Gasteiger partial charge in [-0.1, -0.05) is 51.3 Å². The van der Waals surface area contributed by atoms with Crippen LogP contribution in [0.15, 0.2) is 41.8 Å². The molecule has 1 atom stereocenters. The molecule has 0 bridgehead atoms. The number of carbonyl (C=O) groups excluding carboxylic acids is 3. The average Bonchev–Trinajstić information content (AvgIpc) is 3.38. The van der Waals surface area contributed by atoms with Crippen molar-refractivity contribution in [1.29, 1.82) is 0 Å². The van der Waals surface area contributed by atoms with E-state index in [1.54, 1.807) is 11.0 Å². The fourth-order valence-electron chi connectivity index (χ4n) is 4.56. The summed E-state index contributed by atoms with van der Waals surface area (Å²) in [5, 5.41) is 1.87. The lowest BCUT2D eigenvalue weighted by atomic mass is 9.92. The fourth-order valence-corrected chi connectivity index (χ4v) is 5.23. The maximum atomic E-state index is 13.4. The van der Waals surface area contributed by atoms with Crippen LogP contribution >= 0.6 is 11.3 Å². The van der Waals surface area contributed by atoms with E-state index in [9.17, 15) is 14.4 Å². The van der Waals surface area contributed by atoms with Crippen LogP contribution in [0.5, 0.6) is 0 Å². The predicted octanol–water partition coefficient (Wildman–Crippen LogP) is 4.98. The molecule has 3 amide bonds. The summed E-state index contributed by atoms with van der Waals surface area (Å²) in [5.41, 5.74) is 1.75. The lowest BCUT2D eigenvalue weighted by molar-refractivity contribution is -0.123. The smallest absolute Gasteiger partial charge is 0.264 e. The van der Waals surface area contributed by atoms with Crippen LogP contribution in [0.4, 0.5) is 5.69 Å². The van der Waals surface area contributed by atoms with Gasteiger partial charge in [-0.3, -0.25) is 14.4 Å². The summed E-state index contributed by atoms with van der Waals surface area (Å²) in [6.07, 6.45) is 5.08. The Labute approximate surface area is 181 Å². The van der Waals surface area contributed by atoms with E-state index in [0.717, 1.165) is 37.7 Å². The third-order valence-electron chi connectivity index (χ3n) is 6.21. The van der Waals surface area contributed by atoms with Crippen molar-refractivity contribution in [2.45, 2.75) is 70.4 Å². The predicted molar refractivity (Wildman–Crippen MR) is 119 cm³/mol. The number of hydrogen-bond donors (Lipinski definition) is 0. The first-order chi connectivity index (χ1) is 14.5. The molecule has 2 aromatic rings. The fraction of sp³-hybridized carbons (Fsp3) is 0.458. The van der Waals surface area contributed by atoms with E-state index in [-0.39, 0.29) is 30.2 Å². The first kappa shape index (κ1) is 20.8. The summed E-state index contributed by atoms with van der Waals surface area (Å²) < 4.78 is 0. The zero-order valence-electron chi connectivity index (χ0n) is 17.5. The maximum Gasteiger partial charge on any atom is 0.264 e. The molecular formula is C24H28N2O3S. The topological polar surface area (TPSA) is 57.7 Å². The van der Waals surface area contributed by atoms with E-state index in [1.165, 1.54) is 16.2 Å². The van der Waals surface area contributed by atoms with E-state index in [2.05, 4.69) is 13.8 Å². The lowest BCUT2D eigenvalue weighted by Gasteiger charge is -2.37. The second kappa shape index (κ2) is 8.72. The van der Waals surface area contributed by atoms with Gasteiger partial charge in [0.05, 0.1) is 17.0 Å². The van der Waals surface area contributed by atoms with E-state index < -0.39 is 6.04 Å². The second-order valence-electron chi connectivity index (χ2n) is 8.52. The number of nitrogens with zero attached hydrogens (tertiary/aromatic N) is 2. The highest BCUT2D eigenvalue weighted by Crippen LogP contribution is 2.33. The van der Waals surface area contributed by atoms with E-state index >= 15 is 0 Å². The highest BCUT2D eigenvalue weighted by atomic mass is 32.1. The van der Waals surface area contributed by atoms with Crippen molar-refractivity contribution in [3.8, 4) is 0 Å². The van der Waals surface area contributed by atoms with Crippen molar-refractivity contribution in [3.63, 3.8) is 0 Å². The highest BCUT2D eigenvalue weighted by molar-refractivity contribution is 7.12. The molecule has 2 heterocycles. The molecule has 2 aliphatic rings. The summed E-state index contributed by atoms with van der Waals surface area (Å²) in [5.74, 6) is -0.267. The average molecular weight is 425 g/mol. The number of imide groups is 1. The third kappa shape index (κ3) is 3.93. The van der Waals surface area contributed by atoms with Gasteiger partial charge in [-0.2, -0.15) is 0 Å². The molecule has 158 valence electrons. The zero-order valence-corrected chi connectivity index (χ0v) is 18.4. The zero-order chi connectivity index (χ0) is 21.3. The lowest BCUT2D eigenvalue weighted by Crippen LogP contribution is -2.51. The molecule has 1 saturated heterocycles. The Morgan fingerprint density at radius 2 is 1.77 bits per heavy atom. The van der Waals surface area contributed by atoms with Crippen LogP contribution in [0.25, 0.3) is 0 Å². The van der Waals surface area contributed by atoms with Crippen LogP contribution in [0, 0.1) is 0 Å². The Hall–Kier alpha value is -2.47. The molecule has 2 fully saturated rings. The number of amides is 3. The minimum atomic E-state index is -0.722. The monoisotopic (exact) mass is 424 g/mol. The summed E-state index contributed by atoms with van der Waals surface area (Å²) in [4.78, 5) is 43.3. The van der Waals surface area contributed by atoms with E-state index in [4.69, 9.17) is 0 Å². The normalized spacial score (nSPS) is 20.2. The maximum absolute atomic E-state index is 13.4. The molecule has 1 aliphatic heterocycles. The molecule has 1 saturated carbocycles. The van der Waals surface area contributed by atoms with Gasteiger partial charge < -0.3 is 4.90 Å². The Bertz CT molecular complexity index is 914. The molecule has 0 spiro atoms. The Morgan fingerprint density at radius 1 is 1.07 bits per heavy atom. The molecule has 1 aromatic heterocycles. The number of rotatable bonds is 5. The second-order valence-corrected chi connectivity index (χ2v) is 9.46. The van der Waals surface area contributed by atoms with Crippen LogP contribution in [0.3, 0.4) is 0 Å². The molecular weight excluding hydrogens is 396 g/mol. The van der Waals surface area contributed by atoms with Crippen LogP contribution in [0.2, 0.25) is 0 Å². The highest BCUT2D eigenvalue weighted by Gasteiger charge is 2.46. The van der Waals surface area contributed by atoms with Gasteiger partial charge in [-0.25, -0.2) is 4.90 Å². The largest absolute Gasteiger partial charge is 0.322 e. The molecule has 0 N–H and O–H groups in total. The van der Waals surface area contributed by atoms with Gasteiger partial charge in [0, 0.05) is 6.04 Å². The number of carbonyl (C=O) groups is 3. The molecule has 1 unspecified atom stereocenters. The Balaban J connectivity index is 1.63. The molecule has 1 aromatic carbocycles. The van der Waals surface area contributed by atoms with E-state index in [1.807, 2.05) is 35.7 Å². The van der Waals surface area contributed by atoms with Gasteiger partial charge in [0.2, 0.25) is 5.91 Å².